The summed E-state index contributed by atoms with van der Waals surface area (Å²) in [7, 11) is 1.81. The van der Waals surface area contributed by atoms with E-state index < -0.39 is 15.3 Å². The number of hydrogen-bond acceptors (Lipinski definition) is 5. The zero-order valence-electron chi connectivity index (χ0n) is 18.9. The molecule has 35 heavy (non-hydrogen) atoms. The number of halogens is 3. The highest BCUT2D eigenvalue weighted by Gasteiger charge is 2.43. The molecule has 0 spiro atoms. The van der Waals surface area contributed by atoms with Gasteiger partial charge in [0.25, 0.3) is 5.91 Å². The second kappa shape index (κ2) is 10.5. The minimum Gasteiger partial charge on any atom is -0.492 e. The molecular formula is C24H24ClFIN5O3. The first-order valence-corrected chi connectivity index (χ1v) is 12.4. The van der Waals surface area contributed by atoms with Crippen molar-refractivity contribution in [3.05, 3.63) is 65.1 Å². The number of ether oxygens (including phenoxy) is 1. The largest absolute Gasteiger partial charge is 0.492 e. The van der Waals surface area contributed by atoms with Crippen LogP contribution in [0.4, 0.5) is 10.1 Å². The Kier molecular flexibility index (Phi) is 7.62. The van der Waals surface area contributed by atoms with Gasteiger partial charge in [-0.2, -0.15) is 5.10 Å². The van der Waals surface area contributed by atoms with Gasteiger partial charge in [0.2, 0.25) is 5.91 Å². The fourth-order valence-corrected chi connectivity index (χ4v) is 5.13. The van der Waals surface area contributed by atoms with Crippen LogP contribution in [-0.2, 0) is 11.8 Å². The van der Waals surface area contributed by atoms with Gasteiger partial charge in [-0.3, -0.25) is 19.2 Å². The molecule has 2 heterocycles. The van der Waals surface area contributed by atoms with Crippen molar-refractivity contribution in [2.24, 2.45) is 12.8 Å². The summed E-state index contributed by atoms with van der Waals surface area (Å²) in [5.41, 5.74) is 7.92. The number of alkyl halides is 1. The van der Waals surface area contributed by atoms with Crippen molar-refractivity contribution < 1.29 is 18.7 Å². The molecule has 1 aliphatic rings. The highest BCUT2D eigenvalue weighted by atomic mass is 127. The van der Waals surface area contributed by atoms with Crippen LogP contribution < -0.4 is 15.8 Å². The van der Waals surface area contributed by atoms with Gasteiger partial charge in [-0.1, -0.05) is 34.2 Å². The first-order valence-electron chi connectivity index (χ1n) is 10.9. The molecule has 2 aromatic carbocycles. The van der Waals surface area contributed by atoms with Crippen LogP contribution in [0.3, 0.4) is 0 Å². The Morgan fingerprint density at radius 3 is 2.77 bits per heavy atom. The summed E-state index contributed by atoms with van der Waals surface area (Å²) >= 11 is 7.94. The van der Waals surface area contributed by atoms with Gasteiger partial charge < -0.3 is 15.8 Å². The number of amides is 2. The number of benzene rings is 2. The zero-order valence-corrected chi connectivity index (χ0v) is 21.8. The average molecular weight is 612 g/mol. The lowest BCUT2D eigenvalue weighted by Gasteiger charge is -2.30. The highest BCUT2D eigenvalue weighted by Crippen LogP contribution is 2.36. The van der Waals surface area contributed by atoms with Crippen LogP contribution in [-0.4, -0.2) is 49.7 Å². The SMILES string of the molecule is Cn1nccc1-c1cc(NC(=O)c2ccc(F)c(Cl)c2)ccc1OCCN1CCCC1(I)C(N)=O. The summed E-state index contributed by atoms with van der Waals surface area (Å²) in [5, 5.41) is 6.92. The zero-order chi connectivity index (χ0) is 25.2. The molecule has 8 nitrogen and oxygen atoms in total. The molecule has 3 N–H and O–H groups in total. The number of primary amides is 1. The maximum absolute atomic E-state index is 13.5. The van der Waals surface area contributed by atoms with Crippen molar-refractivity contribution in [3.63, 3.8) is 0 Å². The van der Waals surface area contributed by atoms with Crippen molar-refractivity contribution in [3.8, 4) is 17.0 Å². The predicted molar refractivity (Wildman–Crippen MR) is 140 cm³/mol. The number of hydrogen-bond donors (Lipinski definition) is 2. The lowest BCUT2D eigenvalue weighted by Crippen LogP contribution is -2.50. The molecule has 2 amide bonds. The first kappa shape index (κ1) is 25.4. The lowest BCUT2D eigenvalue weighted by molar-refractivity contribution is -0.123. The van der Waals surface area contributed by atoms with E-state index in [1.54, 1.807) is 29.1 Å². The maximum Gasteiger partial charge on any atom is 0.255 e. The van der Waals surface area contributed by atoms with Gasteiger partial charge in [-0.25, -0.2) is 4.39 Å². The number of aryl methyl sites for hydroxylation is 1. The first-order chi connectivity index (χ1) is 16.7. The number of likely N-dealkylation sites (tertiary alicyclic amines) is 1. The smallest absolute Gasteiger partial charge is 0.255 e. The Bertz CT molecular complexity index is 1270. The van der Waals surface area contributed by atoms with E-state index in [2.05, 4.69) is 33.0 Å². The second-order valence-corrected chi connectivity index (χ2v) is 10.4. The van der Waals surface area contributed by atoms with Crippen molar-refractivity contribution in [1.82, 2.24) is 14.7 Å². The molecular weight excluding hydrogens is 588 g/mol. The van der Waals surface area contributed by atoms with Gasteiger partial charge in [-0.15, -0.1) is 0 Å². The summed E-state index contributed by atoms with van der Waals surface area (Å²) in [6.45, 7) is 1.67. The van der Waals surface area contributed by atoms with E-state index in [-0.39, 0.29) is 16.5 Å². The van der Waals surface area contributed by atoms with E-state index >= 15 is 0 Å². The topological polar surface area (TPSA) is 102 Å². The number of nitrogens with one attached hydrogen (secondary N) is 1. The van der Waals surface area contributed by atoms with Crippen LogP contribution in [0.1, 0.15) is 23.2 Å². The molecule has 184 valence electrons. The Balaban J connectivity index is 1.53. The third-order valence-corrected chi connectivity index (χ3v) is 7.99. The van der Waals surface area contributed by atoms with E-state index in [1.807, 2.05) is 18.0 Å². The van der Waals surface area contributed by atoms with Crippen molar-refractivity contribution in [2.45, 2.75) is 16.4 Å². The number of carbonyl (C=O) groups excluding carboxylic acids is 2. The Morgan fingerprint density at radius 1 is 1.29 bits per heavy atom. The van der Waals surface area contributed by atoms with Gasteiger partial charge in [0.05, 0.1) is 10.7 Å². The van der Waals surface area contributed by atoms with Gasteiger partial charge in [-0.05, 0) is 55.3 Å². The molecule has 1 unspecified atom stereocenters. The number of anilines is 1. The van der Waals surface area contributed by atoms with Crippen LogP contribution >= 0.6 is 34.2 Å². The van der Waals surface area contributed by atoms with E-state index in [9.17, 15) is 14.0 Å². The Morgan fingerprint density at radius 2 is 2.09 bits per heavy atom. The van der Waals surface area contributed by atoms with Crippen LogP contribution in [0.5, 0.6) is 5.75 Å². The van der Waals surface area contributed by atoms with E-state index in [0.717, 1.165) is 36.7 Å². The van der Waals surface area contributed by atoms with Crippen LogP contribution in [0.15, 0.2) is 48.7 Å². The lowest BCUT2D eigenvalue weighted by atomic mass is 10.1. The molecule has 4 rings (SSSR count). The molecule has 3 aromatic rings. The van der Waals surface area contributed by atoms with Gasteiger partial charge in [0.1, 0.15) is 18.2 Å². The third kappa shape index (κ3) is 5.44. The number of carbonyl (C=O) groups is 2. The number of rotatable bonds is 8. The predicted octanol–water partition coefficient (Wildman–Crippen LogP) is 4.22. The summed E-state index contributed by atoms with van der Waals surface area (Å²) in [5.74, 6) is -0.745. The van der Waals surface area contributed by atoms with Crippen LogP contribution in [0.25, 0.3) is 11.3 Å². The standard InChI is InChI=1S/C24H24ClFIN5O3/c1-31-20(7-9-29-31)17-14-16(30-22(33)15-3-5-19(26)18(25)13-15)4-6-21(17)35-12-11-32-10-2-8-24(32,27)23(28)34/h3-7,9,13-14H,2,8,10-12H2,1H3,(H2,28,34)(H,30,33). The Hall–Kier alpha value is -2.70. The number of aromatic nitrogens is 2. The van der Waals surface area contributed by atoms with E-state index in [1.165, 1.54) is 12.1 Å². The average Bonchev–Trinajstić information content (AvgIpc) is 3.42. The monoisotopic (exact) mass is 611 g/mol. The molecule has 11 heteroatoms. The third-order valence-electron chi connectivity index (χ3n) is 5.95. The fourth-order valence-electron chi connectivity index (χ4n) is 4.09. The summed E-state index contributed by atoms with van der Waals surface area (Å²) in [4.78, 5) is 26.7. The molecule has 1 fully saturated rings. The van der Waals surface area contributed by atoms with E-state index in [4.69, 9.17) is 22.1 Å². The molecule has 1 aromatic heterocycles. The second-order valence-electron chi connectivity index (χ2n) is 8.20. The fraction of sp³-hybridized carbons (Fsp3) is 0.292. The maximum atomic E-state index is 13.5. The molecule has 1 saturated heterocycles. The summed E-state index contributed by atoms with van der Waals surface area (Å²) in [6.07, 6.45) is 3.29. The van der Waals surface area contributed by atoms with Gasteiger partial charge >= 0.3 is 0 Å². The number of nitrogens with zero attached hydrogens (tertiary/aromatic N) is 3. The minimum atomic E-state index is -0.691. The summed E-state index contributed by atoms with van der Waals surface area (Å²) in [6, 6.07) is 10.9. The molecule has 0 radical (unpaired) electrons. The van der Waals surface area contributed by atoms with Crippen LogP contribution in [0.2, 0.25) is 5.02 Å². The van der Waals surface area contributed by atoms with Crippen molar-refractivity contribution >= 4 is 51.7 Å². The molecule has 1 atom stereocenters. The summed E-state index contributed by atoms with van der Waals surface area (Å²) < 4.78 is 20.6. The molecule has 0 saturated carbocycles. The molecule has 0 aliphatic carbocycles. The molecule has 0 bridgehead atoms. The Labute approximate surface area is 220 Å². The van der Waals surface area contributed by atoms with Crippen LogP contribution in [0, 0.1) is 5.82 Å². The molecule has 1 aliphatic heterocycles. The van der Waals surface area contributed by atoms with Crippen molar-refractivity contribution in [2.75, 3.05) is 25.0 Å². The normalized spacial score (nSPS) is 17.9. The van der Waals surface area contributed by atoms with Gasteiger partial charge in [0.15, 0.2) is 3.55 Å². The minimum absolute atomic E-state index is 0.123. The number of nitrogens with two attached hydrogens (primary N) is 1. The van der Waals surface area contributed by atoms with Crippen molar-refractivity contribution in [1.29, 1.82) is 0 Å². The quantitative estimate of drug-likeness (QED) is 0.226. The van der Waals surface area contributed by atoms with Gasteiger partial charge in [0, 0.05) is 43.1 Å². The highest BCUT2D eigenvalue weighted by molar-refractivity contribution is 14.1. The van der Waals surface area contributed by atoms with E-state index in [0.29, 0.717) is 24.6 Å².